The first-order valence-electron chi connectivity index (χ1n) is 6.01. The molecule has 0 saturated heterocycles. The zero-order chi connectivity index (χ0) is 15.9. The Morgan fingerprint density at radius 3 is 2.10 bits per heavy atom. The minimum atomic E-state index is -1.57. The van der Waals surface area contributed by atoms with Gasteiger partial charge in [-0.1, -0.05) is 32.4 Å². The van der Waals surface area contributed by atoms with Gasteiger partial charge in [0.25, 0.3) is 0 Å². The Morgan fingerprint density at radius 2 is 1.71 bits per heavy atom. The van der Waals surface area contributed by atoms with E-state index in [-0.39, 0.29) is 16.4 Å². The van der Waals surface area contributed by atoms with Gasteiger partial charge in [-0.2, -0.15) is 10.4 Å². The quantitative estimate of drug-likeness (QED) is 0.743. The standard InChI is InChI=1S/C14H11ClF3N3/c1-14(2,3)12-8(6-19)13(15)21(20-12)7-4-9(16)11(18)10(17)5-7/h4-5H,1-3H3. The lowest BCUT2D eigenvalue weighted by Crippen LogP contribution is -2.14. The maximum atomic E-state index is 13.3. The Hall–Kier alpha value is -2.00. The average molecular weight is 314 g/mol. The summed E-state index contributed by atoms with van der Waals surface area (Å²) in [6, 6.07) is 3.46. The van der Waals surface area contributed by atoms with E-state index >= 15 is 0 Å². The second-order valence-corrected chi connectivity index (χ2v) is 5.87. The van der Waals surface area contributed by atoms with Gasteiger partial charge in [-0.25, -0.2) is 17.9 Å². The lowest BCUT2D eigenvalue weighted by Gasteiger charge is -2.15. The van der Waals surface area contributed by atoms with E-state index in [1.54, 1.807) is 0 Å². The fourth-order valence-corrected chi connectivity index (χ4v) is 2.12. The molecule has 0 spiro atoms. The van der Waals surface area contributed by atoms with Crippen molar-refractivity contribution in [2.75, 3.05) is 0 Å². The minimum absolute atomic E-state index is 0.0761. The molecule has 0 amide bonds. The first kappa shape index (κ1) is 15.4. The average Bonchev–Trinajstić information content (AvgIpc) is 2.72. The molecule has 0 aliphatic heterocycles. The van der Waals surface area contributed by atoms with E-state index in [4.69, 9.17) is 11.6 Å². The fraction of sp³-hybridized carbons (Fsp3) is 0.286. The molecule has 0 unspecified atom stereocenters. The SMILES string of the molecule is CC(C)(C)c1nn(-c2cc(F)c(F)c(F)c2)c(Cl)c1C#N. The van der Waals surface area contributed by atoms with Gasteiger partial charge in [0.15, 0.2) is 22.6 Å². The lowest BCUT2D eigenvalue weighted by atomic mass is 9.90. The third-order valence-corrected chi connectivity index (χ3v) is 3.21. The van der Waals surface area contributed by atoms with Gasteiger partial charge in [-0.05, 0) is 0 Å². The number of hydrogen-bond acceptors (Lipinski definition) is 2. The Bertz CT molecular complexity index is 731. The Labute approximate surface area is 124 Å². The molecule has 2 aromatic rings. The van der Waals surface area contributed by atoms with E-state index in [0.29, 0.717) is 5.69 Å². The van der Waals surface area contributed by atoms with Crippen LogP contribution in [0.5, 0.6) is 0 Å². The highest BCUT2D eigenvalue weighted by Crippen LogP contribution is 2.31. The number of halogens is 4. The molecular weight excluding hydrogens is 303 g/mol. The molecule has 0 saturated carbocycles. The molecule has 0 atom stereocenters. The fourth-order valence-electron chi connectivity index (χ4n) is 1.86. The molecule has 0 aliphatic rings. The summed E-state index contributed by atoms with van der Waals surface area (Å²) in [5, 5.41) is 13.2. The van der Waals surface area contributed by atoms with E-state index in [2.05, 4.69) is 5.10 Å². The molecule has 110 valence electrons. The minimum Gasteiger partial charge on any atom is -0.220 e. The highest BCUT2D eigenvalue weighted by Gasteiger charge is 2.27. The van der Waals surface area contributed by atoms with Crippen molar-refractivity contribution >= 4 is 11.6 Å². The molecule has 1 heterocycles. The van der Waals surface area contributed by atoms with Gasteiger partial charge < -0.3 is 0 Å². The van der Waals surface area contributed by atoms with Crippen molar-refractivity contribution in [1.29, 1.82) is 5.26 Å². The predicted molar refractivity (Wildman–Crippen MR) is 71.9 cm³/mol. The Morgan fingerprint density at radius 1 is 1.19 bits per heavy atom. The van der Waals surface area contributed by atoms with Crippen molar-refractivity contribution in [2.45, 2.75) is 26.2 Å². The van der Waals surface area contributed by atoms with Crippen molar-refractivity contribution in [1.82, 2.24) is 9.78 Å². The largest absolute Gasteiger partial charge is 0.220 e. The number of nitrogens with zero attached hydrogens (tertiary/aromatic N) is 3. The summed E-state index contributed by atoms with van der Waals surface area (Å²) >= 11 is 6.05. The lowest BCUT2D eigenvalue weighted by molar-refractivity contribution is 0.445. The molecule has 0 aliphatic carbocycles. The summed E-state index contributed by atoms with van der Waals surface area (Å²) in [6.45, 7) is 5.47. The van der Waals surface area contributed by atoms with E-state index in [9.17, 15) is 18.4 Å². The molecule has 0 N–H and O–H groups in total. The van der Waals surface area contributed by atoms with E-state index in [0.717, 1.165) is 16.8 Å². The van der Waals surface area contributed by atoms with Gasteiger partial charge in [0.05, 0.1) is 11.4 Å². The Balaban J connectivity index is 2.72. The van der Waals surface area contributed by atoms with Crippen LogP contribution >= 0.6 is 11.6 Å². The summed E-state index contributed by atoms with van der Waals surface area (Å²) in [5.74, 6) is -4.28. The molecule has 1 aromatic carbocycles. The van der Waals surface area contributed by atoms with Gasteiger partial charge in [0.2, 0.25) is 0 Å². The van der Waals surface area contributed by atoms with Gasteiger partial charge in [0.1, 0.15) is 11.6 Å². The molecule has 21 heavy (non-hydrogen) atoms. The van der Waals surface area contributed by atoms with Gasteiger partial charge in [-0.15, -0.1) is 0 Å². The summed E-state index contributed by atoms with van der Waals surface area (Å²) in [6.07, 6.45) is 0. The van der Waals surface area contributed by atoms with Crippen LogP contribution in [-0.4, -0.2) is 9.78 Å². The topological polar surface area (TPSA) is 41.6 Å². The van der Waals surface area contributed by atoms with Gasteiger partial charge in [0, 0.05) is 17.5 Å². The van der Waals surface area contributed by atoms with Crippen LogP contribution in [0, 0.1) is 28.8 Å². The highest BCUT2D eigenvalue weighted by molar-refractivity contribution is 6.31. The van der Waals surface area contributed by atoms with Crippen LogP contribution in [0.2, 0.25) is 5.15 Å². The molecule has 0 radical (unpaired) electrons. The second kappa shape index (κ2) is 5.08. The van der Waals surface area contributed by atoms with Gasteiger partial charge in [-0.3, -0.25) is 0 Å². The first-order chi connectivity index (χ1) is 9.66. The summed E-state index contributed by atoms with van der Waals surface area (Å²) in [4.78, 5) is 0. The van der Waals surface area contributed by atoms with Crippen LogP contribution in [0.25, 0.3) is 5.69 Å². The Kier molecular flexibility index (Phi) is 3.72. The first-order valence-corrected chi connectivity index (χ1v) is 6.38. The van der Waals surface area contributed by atoms with Gasteiger partial charge >= 0.3 is 0 Å². The van der Waals surface area contributed by atoms with Crippen molar-refractivity contribution < 1.29 is 13.2 Å². The normalized spacial score (nSPS) is 11.5. The van der Waals surface area contributed by atoms with E-state index in [1.807, 2.05) is 26.8 Å². The van der Waals surface area contributed by atoms with Crippen molar-refractivity contribution in [3.05, 3.63) is 46.0 Å². The van der Waals surface area contributed by atoms with E-state index < -0.39 is 22.9 Å². The summed E-state index contributed by atoms with van der Waals surface area (Å²) < 4.78 is 40.7. The van der Waals surface area contributed by atoms with E-state index in [1.165, 1.54) is 0 Å². The maximum absolute atomic E-state index is 13.3. The van der Waals surface area contributed by atoms with Crippen molar-refractivity contribution in [2.24, 2.45) is 0 Å². The second-order valence-electron chi connectivity index (χ2n) is 5.51. The zero-order valence-electron chi connectivity index (χ0n) is 11.5. The van der Waals surface area contributed by atoms with Crippen molar-refractivity contribution in [3.63, 3.8) is 0 Å². The van der Waals surface area contributed by atoms with Crippen LogP contribution in [0.15, 0.2) is 12.1 Å². The smallest absolute Gasteiger partial charge is 0.194 e. The number of aromatic nitrogens is 2. The molecule has 2 rings (SSSR count). The van der Waals surface area contributed by atoms with Crippen LogP contribution in [0.4, 0.5) is 13.2 Å². The third kappa shape index (κ3) is 2.61. The number of nitriles is 1. The molecule has 0 bridgehead atoms. The molecule has 3 nitrogen and oxygen atoms in total. The maximum Gasteiger partial charge on any atom is 0.194 e. The number of hydrogen-bond donors (Lipinski definition) is 0. The van der Waals surface area contributed by atoms with Crippen LogP contribution in [0.3, 0.4) is 0 Å². The van der Waals surface area contributed by atoms with Crippen LogP contribution in [-0.2, 0) is 5.41 Å². The number of rotatable bonds is 1. The van der Waals surface area contributed by atoms with Crippen molar-refractivity contribution in [3.8, 4) is 11.8 Å². The van der Waals surface area contributed by atoms with Crippen LogP contribution in [0.1, 0.15) is 32.0 Å². The summed E-state index contributed by atoms with van der Waals surface area (Å²) in [7, 11) is 0. The highest BCUT2D eigenvalue weighted by atomic mass is 35.5. The molecular formula is C14H11ClF3N3. The molecule has 7 heteroatoms. The van der Waals surface area contributed by atoms with Crippen LogP contribution < -0.4 is 0 Å². The zero-order valence-corrected chi connectivity index (χ0v) is 12.3. The molecule has 1 aromatic heterocycles. The monoisotopic (exact) mass is 313 g/mol. The third-order valence-electron chi connectivity index (χ3n) is 2.86. The molecule has 0 fully saturated rings. The predicted octanol–water partition coefficient (Wildman–Crippen LogP) is 4.11. The summed E-state index contributed by atoms with van der Waals surface area (Å²) in [5.41, 5.74) is -0.0743. The number of benzene rings is 1.